The zero-order valence-electron chi connectivity index (χ0n) is 18.5. The van der Waals surface area contributed by atoms with Crippen LogP contribution in [0.4, 0.5) is 4.79 Å². The van der Waals surface area contributed by atoms with E-state index in [2.05, 4.69) is 39.1 Å². The van der Waals surface area contributed by atoms with Gasteiger partial charge in [0.25, 0.3) is 0 Å². The molecule has 3 unspecified atom stereocenters. The second-order valence-corrected chi connectivity index (χ2v) is 8.71. The molecule has 1 aliphatic carbocycles. The topological polar surface area (TPSA) is 72.6 Å². The lowest BCUT2D eigenvalue weighted by Crippen LogP contribution is -2.59. The van der Waals surface area contributed by atoms with Gasteiger partial charge in [0, 0.05) is 33.2 Å². The molecule has 0 aromatic carbocycles. The van der Waals surface area contributed by atoms with E-state index in [1.165, 1.54) is 5.57 Å². The Morgan fingerprint density at radius 1 is 1.39 bits per heavy atom. The summed E-state index contributed by atoms with van der Waals surface area (Å²) in [6, 6.07) is 0. The van der Waals surface area contributed by atoms with Crippen LogP contribution >= 0.6 is 0 Å². The molecule has 162 valence electrons. The minimum absolute atomic E-state index is 0.0234. The highest BCUT2D eigenvalue weighted by Crippen LogP contribution is 2.52. The maximum Gasteiger partial charge on any atom is 0.409 e. The predicted molar refractivity (Wildman–Crippen MR) is 108 cm³/mol. The zero-order valence-corrected chi connectivity index (χ0v) is 18.5. The van der Waals surface area contributed by atoms with Crippen LogP contribution in [0, 0.1) is 5.92 Å². The summed E-state index contributed by atoms with van der Waals surface area (Å²) < 4.78 is 23.9. The maximum absolute atomic E-state index is 12.5. The summed E-state index contributed by atoms with van der Waals surface area (Å²) in [6.45, 7) is 10.8. The van der Waals surface area contributed by atoms with Crippen molar-refractivity contribution in [3.63, 3.8) is 0 Å². The van der Waals surface area contributed by atoms with Crippen molar-refractivity contribution in [2.75, 3.05) is 47.5 Å². The summed E-state index contributed by atoms with van der Waals surface area (Å²) >= 11 is 0. The zero-order chi connectivity index (χ0) is 20.9. The molecule has 1 N–H and O–H groups in total. The normalized spacial score (nSPS) is 29.5. The molecule has 2 rings (SSSR count). The molecular formula is C21H38N2O5. The van der Waals surface area contributed by atoms with E-state index in [1.807, 2.05) is 7.05 Å². The van der Waals surface area contributed by atoms with Crippen LogP contribution in [-0.4, -0.2) is 81.9 Å². The number of epoxide rings is 1. The van der Waals surface area contributed by atoms with Gasteiger partial charge >= 0.3 is 6.09 Å². The lowest BCUT2D eigenvalue weighted by molar-refractivity contribution is -0.173. The minimum Gasteiger partial charge on any atom is -0.443 e. The van der Waals surface area contributed by atoms with Crippen molar-refractivity contribution < 1.29 is 23.7 Å². The average molecular weight is 399 g/mol. The Kier molecular flexibility index (Phi) is 7.90. The first-order valence-electron chi connectivity index (χ1n) is 10.2. The van der Waals surface area contributed by atoms with Gasteiger partial charge in [-0.25, -0.2) is 4.79 Å². The van der Waals surface area contributed by atoms with Gasteiger partial charge in [0.05, 0.1) is 24.4 Å². The molecule has 1 aliphatic heterocycles. The molecule has 2 fully saturated rings. The van der Waals surface area contributed by atoms with Crippen molar-refractivity contribution in [3.8, 4) is 0 Å². The molecule has 0 aromatic heterocycles. The molecule has 1 saturated heterocycles. The average Bonchev–Trinajstić information content (AvgIpc) is 3.39. The van der Waals surface area contributed by atoms with Crippen molar-refractivity contribution >= 4 is 6.09 Å². The van der Waals surface area contributed by atoms with Gasteiger partial charge in [0.1, 0.15) is 12.2 Å². The highest BCUT2D eigenvalue weighted by Gasteiger charge is 2.64. The molecule has 1 amide bonds. The maximum atomic E-state index is 12.5. The van der Waals surface area contributed by atoms with E-state index in [9.17, 15) is 4.79 Å². The van der Waals surface area contributed by atoms with Crippen LogP contribution in [-0.2, 0) is 18.9 Å². The number of likely N-dealkylation sites (N-methyl/N-ethyl adjacent to an activating group) is 2. The van der Waals surface area contributed by atoms with E-state index < -0.39 is 5.60 Å². The number of allylic oxidation sites excluding steroid dienone is 1. The number of carbonyl (C=O) groups excluding carboxylic acids is 1. The van der Waals surface area contributed by atoms with Gasteiger partial charge in [0.2, 0.25) is 0 Å². The molecular weight excluding hydrogens is 360 g/mol. The van der Waals surface area contributed by atoms with Crippen LogP contribution in [0.15, 0.2) is 11.6 Å². The number of nitrogens with one attached hydrogen (secondary N) is 1. The molecule has 1 saturated carbocycles. The molecule has 2 aliphatic rings. The summed E-state index contributed by atoms with van der Waals surface area (Å²) in [5, 5.41) is 3.04. The van der Waals surface area contributed by atoms with E-state index in [0.29, 0.717) is 19.8 Å². The Balaban J connectivity index is 2.12. The Morgan fingerprint density at radius 3 is 2.61 bits per heavy atom. The fraction of sp³-hybridized carbons (Fsp3) is 0.857. The van der Waals surface area contributed by atoms with Gasteiger partial charge in [-0.3, -0.25) is 0 Å². The highest BCUT2D eigenvalue weighted by atomic mass is 16.6. The first-order valence-corrected chi connectivity index (χ1v) is 10.2. The Bertz CT molecular complexity index is 555. The monoisotopic (exact) mass is 398 g/mol. The standard InChI is InChI=1S/C21H38N2O5/c1-15(2)9-13-26-20(3,4)18-17(25-7)16(8-10-21(18)14-27-21)28-19(24)23(6)12-11-22-5/h9,16-18,22H,8,10-14H2,1-7H3/t16?,17?,18?,21-/m0/s1. The fourth-order valence-electron chi connectivity index (χ4n) is 4.18. The molecule has 0 aromatic rings. The second-order valence-electron chi connectivity index (χ2n) is 8.71. The van der Waals surface area contributed by atoms with Crippen LogP contribution in [0.2, 0.25) is 0 Å². The quantitative estimate of drug-likeness (QED) is 0.475. The first-order chi connectivity index (χ1) is 13.2. The van der Waals surface area contributed by atoms with Crippen LogP contribution in [0.25, 0.3) is 0 Å². The molecule has 0 radical (unpaired) electrons. The fourth-order valence-corrected chi connectivity index (χ4v) is 4.18. The number of rotatable bonds is 9. The number of amides is 1. The van der Waals surface area contributed by atoms with Gasteiger partial charge in [-0.2, -0.15) is 0 Å². The predicted octanol–water partition coefficient (Wildman–Crippen LogP) is 2.60. The lowest BCUT2D eigenvalue weighted by atomic mass is 9.68. The van der Waals surface area contributed by atoms with Crippen molar-refractivity contribution in [3.05, 3.63) is 11.6 Å². The molecule has 0 bridgehead atoms. The molecule has 1 spiro atoms. The van der Waals surface area contributed by atoms with Crippen molar-refractivity contribution in [1.82, 2.24) is 10.2 Å². The molecule has 4 atom stereocenters. The largest absolute Gasteiger partial charge is 0.443 e. The van der Waals surface area contributed by atoms with E-state index in [0.717, 1.165) is 19.4 Å². The third-order valence-electron chi connectivity index (χ3n) is 5.86. The third-order valence-corrected chi connectivity index (χ3v) is 5.86. The summed E-state index contributed by atoms with van der Waals surface area (Å²) in [6.07, 6.45) is 2.72. The Hall–Kier alpha value is -1.15. The Labute approximate surface area is 169 Å². The SMILES string of the molecule is CNCCN(C)C(=O)OC1CC[C@]2(CO2)C(C(C)(C)OCC=C(C)C)C1OC. The smallest absolute Gasteiger partial charge is 0.409 e. The molecule has 7 heteroatoms. The second kappa shape index (κ2) is 9.57. The van der Waals surface area contributed by atoms with Gasteiger partial charge in [-0.15, -0.1) is 0 Å². The first kappa shape index (κ1) is 23.1. The van der Waals surface area contributed by atoms with Gasteiger partial charge < -0.3 is 29.2 Å². The summed E-state index contributed by atoms with van der Waals surface area (Å²) in [7, 11) is 5.29. The number of ether oxygens (including phenoxy) is 4. The Morgan fingerprint density at radius 2 is 2.07 bits per heavy atom. The van der Waals surface area contributed by atoms with E-state index in [-0.39, 0.29) is 29.8 Å². The number of hydrogen-bond donors (Lipinski definition) is 1. The van der Waals surface area contributed by atoms with E-state index in [1.54, 1.807) is 19.1 Å². The van der Waals surface area contributed by atoms with Crippen molar-refractivity contribution in [1.29, 1.82) is 0 Å². The van der Waals surface area contributed by atoms with Crippen LogP contribution < -0.4 is 5.32 Å². The summed E-state index contributed by atoms with van der Waals surface area (Å²) in [4.78, 5) is 14.1. The third kappa shape index (κ3) is 5.47. The number of hydrogen-bond acceptors (Lipinski definition) is 6. The van der Waals surface area contributed by atoms with Crippen LogP contribution in [0.5, 0.6) is 0 Å². The van der Waals surface area contributed by atoms with Gasteiger partial charge in [0.15, 0.2) is 0 Å². The molecule has 7 nitrogen and oxygen atoms in total. The van der Waals surface area contributed by atoms with Crippen molar-refractivity contribution in [2.24, 2.45) is 5.92 Å². The van der Waals surface area contributed by atoms with E-state index in [4.69, 9.17) is 18.9 Å². The van der Waals surface area contributed by atoms with Gasteiger partial charge in [-0.1, -0.05) is 11.6 Å². The lowest BCUT2D eigenvalue weighted by Gasteiger charge is -2.47. The highest BCUT2D eigenvalue weighted by molar-refractivity contribution is 5.67. The molecule has 1 heterocycles. The van der Waals surface area contributed by atoms with Crippen molar-refractivity contribution in [2.45, 2.75) is 63.9 Å². The van der Waals surface area contributed by atoms with Crippen LogP contribution in [0.1, 0.15) is 40.5 Å². The molecule has 28 heavy (non-hydrogen) atoms. The van der Waals surface area contributed by atoms with E-state index >= 15 is 0 Å². The number of nitrogens with zero attached hydrogens (tertiary/aromatic N) is 1. The number of carbonyl (C=O) groups is 1. The van der Waals surface area contributed by atoms with Crippen LogP contribution in [0.3, 0.4) is 0 Å². The minimum atomic E-state index is -0.480. The number of methoxy groups -OCH3 is 1. The van der Waals surface area contributed by atoms with Gasteiger partial charge in [-0.05, 0) is 47.6 Å². The summed E-state index contributed by atoms with van der Waals surface area (Å²) in [5.41, 5.74) is 0.499. The summed E-state index contributed by atoms with van der Waals surface area (Å²) in [5.74, 6) is -0.0234.